The number of halogens is 1. The van der Waals surface area contributed by atoms with Crippen LogP contribution in [-0.2, 0) is 4.79 Å². The molecule has 4 rings (SSSR count). The zero-order valence-electron chi connectivity index (χ0n) is 15.4. The predicted octanol–water partition coefficient (Wildman–Crippen LogP) is 4.08. The summed E-state index contributed by atoms with van der Waals surface area (Å²) in [5.41, 5.74) is 2.45. The van der Waals surface area contributed by atoms with E-state index in [0.717, 1.165) is 5.56 Å². The lowest BCUT2D eigenvalue weighted by atomic mass is 10.0. The standard InChI is InChI=1S/C21H17ClN4O3/c1-12-6-2-5-9-16(12)25-20(27)14-11-23-26-18(13-7-3-4-8-15(13)22)10-17(21(28)29)24-19(14)26/h2-11,18,24H,1H3,(H,25,27)(H,28,29)/t18-/m1/s1. The molecule has 0 spiro atoms. The molecule has 7 nitrogen and oxygen atoms in total. The fraction of sp³-hybridized carbons (Fsp3) is 0.0952. The van der Waals surface area contributed by atoms with Crippen LogP contribution in [0.25, 0.3) is 0 Å². The van der Waals surface area contributed by atoms with E-state index in [1.165, 1.54) is 12.3 Å². The number of carboxylic acid groups (broad SMARTS) is 1. The van der Waals surface area contributed by atoms with Crippen molar-refractivity contribution in [2.45, 2.75) is 13.0 Å². The molecule has 0 bridgehead atoms. The van der Waals surface area contributed by atoms with Crippen LogP contribution in [0.3, 0.4) is 0 Å². The van der Waals surface area contributed by atoms with Crippen molar-refractivity contribution in [2.24, 2.45) is 0 Å². The molecule has 1 amide bonds. The summed E-state index contributed by atoms with van der Waals surface area (Å²) in [6, 6.07) is 14.0. The van der Waals surface area contributed by atoms with Gasteiger partial charge in [0.1, 0.15) is 23.1 Å². The molecule has 29 heavy (non-hydrogen) atoms. The topological polar surface area (TPSA) is 96.3 Å². The van der Waals surface area contributed by atoms with E-state index >= 15 is 0 Å². The van der Waals surface area contributed by atoms with Gasteiger partial charge in [-0.05, 0) is 36.3 Å². The normalized spacial score (nSPS) is 15.1. The Labute approximate surface area is 171 Å². The van der Waals surface area contributed by atoms with Crippen LogP contribution in [0.2, 0.25) is 5.02 Å². The highest BCUT2D eigenvalue weighted by molar-refractivity contribution is 6.31. The first-order valence-corrected chi connectivity index (χ1v) is 9.24. The Hall–Kier alpha value is -3.58. The van der Waals surface area contributed by atoms with Gasteiger partial charge in [-0.15, -0.1) is 0 Å². The Kier molecular flexibility index (Phi) is 4.82. The molecule has 3 aromatic rings. The highest BCUT2D eigenvalue weighted by Gasteiger charge is 2.30. The smallest absolute Gasteiger partial charge is 0.352 e. The van der Waals surface area contributed by atoms with Crippen molar-refractivity contribution in [1.82, 2.24) is 9.78 Å². The third-order valence-corrected chi connectivity index (χ3v) is 5.07. The lowest BCUT2D eigenvalue weighted by Crippen LogP contribution is -2.25. The van der Waals surface area contributed by atoms with Crippen molar-refractivity contribution in [3.8, 4) is 0 Å². The number of hydrogen-bond donors (Lipinski definition) is 3. The second kappa shape index (κ2) is 7.44. The Morgan fingerprint density at radius 1 is 1.17 bits per heavy atom. The summed E-state index contributed by atoms with van der Waals surface area (Å²) in [6.07, 6.45) is 2.94. The zero-order valence-corrected chi connectivity index (χ0v) is 16.1. The van der Waals surface area contributed by atoms with Gasteiger partial charge in [-0.3, -0.25) is 4.79 Å². The minimum absolute atomic E-state index is 0.0483. The summed E-state index contributed by atoms with van der Waals surface area (Å²) >= 11 is 6.33. The van der Waals surface area contributed by atoms with Gasteiger partial charge in [0.25, 0.3) is 5.91 Å². The Bertz CT molecular complexity index is 1150. The molecule has 146 valence electrons. The number of carboxylic acids is 1. The lowest BCUT2D eigenvalue weighted by Gasteiger charge is -2.25. The average Bonchev–Trinajstić information content (AvgIpc) is 3.13. The van der Waals surface area contributed by atoms with Crippen molar-refractivity contribution in [3.05, 3.63) is 88.2 Å². The molecule has 8 heteroatoms. The van der Waals surface area contributed by atoms with E-state index in [2.05, 4.69) is 15.7 Å². The molecule has 1 atom stereocenters. The number of carbonyl (C=O) groups is 2. The maximum absolute atomic E-state index is 12.9. The van der Waals surface area contributed by atoms with Crippen LogP contribution in [-0.4, -0.2) is 26.8 Å². The van der Waals surface area contributed by atoms with Crippen LogP contribution in [0.15, 0.2) is 66.5 Å². The summed E-state index contributed by atoms with van der Waals surface area (Å²) in [7, 11) is 0. The van der Waals surface area contributed by atoms with Crippen molar-refractivity contribution < 1.29 is 14.7 Å². The quantitative estimate of drug-likeness (QED) is 0.604. The molecule has 1 aromatic heterocycles. The Balaban J connectivity index is 1.75. The van der Waals surface area contributed by atoms with Gasteiger partial charge < -0.3 is 15.7 Å². The van der Waals surface area contributed by atoms with E-state index in [-0.39, 0.29) is 11.3 Å². The molecule has 1 aliphatic heterocycles. The number of para-hydroxylation sites is 1. The molecular weight excluding hydrogens is 392 g/mol. The van der Waals surface area contributed by atoms with Crippen LogP contribution < -0.4 is 10.6 Å². The third kappa shape index (κ3) is 3.48. The van der Waals surface area contributed by atoms with Gasteiger partial charge in [0.2, 0.25) is 0 Å². The number of nitrogens with zero attached hydrogens (tertiary/aromatic N) is 2. The van der Waals surface area contributed by atoms with Crippen LogP contribution in [0.5, 0.6) is 0 Å². The number of benzene rings is 2. The highest BCUT2D eigenvalue weighted by atomic mass is 35.5. The summed E-state index contributed by atoms with van der Waals surface area (Å²) in [4.78, 5) is 24.6. The van der Waals surface area contributed by atoms with Gasteiger partial charge in [-0.1, -0.05) is 48.0 Å². The van der Waals surface area contributed by atoms with E-state index in [4.69, 9.17) is 11.6 Å². The van der Waals surface area contributed by atoms with Crippen LogP contribution in [0.1, 0.15) is 27.5 Å². The molecule has 0 radical (unpaired) electrons. The van der Waals surface area contributed by atoms with Crippen LogP contribution in [0.4, 0.5) is 11.5 Å². The van der Waals surface area contributed by atoms with Crippen LogP contribution >= 0.6 is 11.6 Å². The molecule has 3 N–H and O–H groups in total. The van der Waals surface area contributed by atoms with Gasteiger partial charge in [-0.25, -0.2) is 9.48 Å². The number of hydrogen-bond acceptors (Lipinski definition) is 4. The summed E-state index contributed by atoms with van der Waals surface area (Å²) in [5, 5.41) is 20.0. The van der Waals surface area contributed by atoms with Gasteiger partial charge >= 0.3 is 5.97 Å². The fourth-order valence-electron chi connectivity index (χ4n) is 3.23. The largest absolute Gasteiger partial charge is 0.477 e. The van der Waals surface area contributed by atoms with Crippen molar-refractivity contribution >= 4 is 35.0 Å². The number of amides is 1. The SMILES string of the molecule is Cc1ccccc1NC(=O)c1cnn2c1NC(C(=O)O)=C[C@@H]2c1ccccc1Cl. The molecule has 2 heterocycles. The number of anilines is 2. The molecule has 0 fully saturated rings. The third-order valence-electron chi connectivity index (χ3n) is 4.73. The van der Waals surface area contributed by atoms with E-state index in [9.17, 15) is 14.7 Å². The van der Waals surface area contributed by atoms with E-state index < -0.39 is 17.9 Å². The lowest BCUT2D eigenvalue weighted by molar-refractivity contribution is -0.132. The molecule has 0 unspecified atom stereocenters. The number of fused-ring (bicyclic) bond motifs is 1. The Morgan fingerprint density at radius 2 is 1.90 bits per heavy atom. The molecule has 1 aliphatic rings. The van der Waals surface area contributed by atoms with Gasteiger partial charge in [0, 0.05) is 10.7 Å². The molecule has 0 aliphatic carbocycles. The molecule has 0 saturated heterocycles. The first kappa shape index (κ1) is 18.8. The summed E-state index contributed by atoms with van der Waals surface area (Å²) in [5.74, 6) is -1.24. The number of aliphatic carboxylic acids is 1. The van der Waals surface area contributed by atoms with Crippen molar-refractivity contribution in [2.75, 3.05) is 10.6 Å². The highest BCUT2D eigenvalue weighted by Crippen LogP contribution is 2.35. The van der Waals surface area contributed by atoms with E-state index in [0.29, 0.717) is 22.1 Å². The predicted molar refractivity (Wildman–Crippen MR) is 110 cm³/mol. The van der Waals surface area contributed by atoms with Crippen molar-refractivity contribution in [3.63, 3.8) is 0 Å². The number of carbonyl (C=O) groups excluding carboxylic acids is 1. The average molecular weight is 409 g/mol. The second-order valence-electron chi connectivity index (χ2n) is 6.60. The zero-order chi connectivity index (χ0) is 20.5. The monoisotopic (exact) mass is 408 g/mol. The van der Waals surface area contributed by atoms with Gasteiger partial charge in [0.05, 0.1) is 6.20 Å². The maximum atomic E-state index is 12.9. The molecule has 0 saturated carbocycles. The molecule has 2 aromatic carbocycles. The summed E-state index contributed by atoms with van der Waals surface area (Å²) in [6.45, 7) is 1.89. The number of allylic oxidation sites excluding steroid dienone is 1. The molecular formula is C21H17ClN4O3. The van der Waals surface area contributed by atoms with Gasteiger partial charge in [-0.2, -0.15) is 5.10 Å². The van der Waals surface area contributed by atoms with Crippen molar-refractivity contribution in [1.29, 1.82) is 0 Å². The van der Waals surface area contributed by atoms with Crippen LogP contribution in [0, 0.1) is 6.92 Å². The van der Waals surface area contributed by atoms with E-state index in [1.54, 1.807) is 28.9 Å². The van der Waals surface area contributed by atoms with Gasteiger partial charge in [0.15, 0.2) is 0 Å². The summed E-state index contributed by atoms with van der Waals surface area (Å²) < 4.78 is 1.56. The number of aromatic nitrogens is 2. The Morgan fingerprint density at radius 3 is 2.62 bits per heavy atom. The first-order chi connectivity index (χ1) is 14.0. The second-order valence-corrected chi connectivity index (χ2v) is 7.00. The number of aryl methyl sites for hydroxylation is 1. The number of rotatable bonds is 4. The maximum Gasteiger partial charge on any atom is 0.352 e. The minimum Gasteiger partial charge on any atom is -0.477 e. The fourth-order valence-corrected chi connectivity index (χ4v) is 3.47. The van der Waals surface area contributed by atoms with E-state index in [1.807, 2.05) is 31.2 Å². The number of nitrogens with one attached hydrogen (secondary N) is 2. The minimum atomic E-state index is -1.14. The first-order valence-electron chi connectivity index (χ1n) is 8.86.